The average molecular weight is 238 g/mol. The van der Waals surface area contributed by atoms with Crippen molar-refractivity contribution in [3.8, 4) is 0 Å². The van der Waals surface area contributed by atoms with Crippen molar-refractivity contribution < 1.29 is 7.62 Å². The van der Waals surface area contributed by atoms with E-state index in [1.165, 1.54) is 4.90 Å². The first kappa shape index (κ1) is 8.53. The number of anilines is 2. The van der Waals surface area contributed by atoms with Crippen LogP contribution in [0.25, 0.3) is 12.2 Å². The first-order chi connectivity index (χ1) is 9.68. The second-order valence-electron chi connectivity index (χ2n) is 4.07. The highest BCUT2D eigenvalue weighted by molar-refractivity contribution is 6.04. The summed E-state index contributed by atoms with van der Waals surface area (Å²) in [6.45, 7) is 0. The monoisotopic (exact) mass is 238 g/mol. The first-order valence-electron chi connectivity index (χ1n) is 6.56. The maximum atomic E-state index is 12.2. The third kappa shape index (κ3) is 1.57. The Morgan fingerprint density at radius 1 is 0.944 bits per heavy atom. The lowest BCUT2D eigenvalue weighted by Gasteiger charge is -2.22. The van der Waals surface area contributed by atoms with Gasteiger partial charge in [0.25, 0.3) is 0 Å². The molecule has 2 N–H and O–H groups in total. The van der Waals surface area contributed by atoms with Gasteiger partial charge in [-0.05, 0) is 23.3 Å². The van der Waals surface area contributed by atoms with Gasteiger partial charge in [-0.3, -0.25) is 4.90 Å². The average Bonchev–Trinajstić information content (AvgIpc) is 2.63. The van der Waals surface area contributed by atoms with Gasteiger partial charge in [0, 0.05) is 0 Å². The summed E-state index contributed by atoms with van der Waals surface area (Å²) in [4.78, 5) is 13.6. The Morgan fingerprint density at radius 2 is 1.44 bits per heavy atom. The zero-order valence-corrected chi connectivity index (χ0v) is 9.58. The largest absolute Gasteiger partial charge is 0.351 e. The fraction of sp³-hybridized carbons (Fsp3) is 0. The van der Waals surface area contributed by atoms with E-state index in [-0.39, 0.29) is 5.72 Å². The van der Waals surface area contributed by atoms with E-state index in [2.05, 4.69) is 0 Å². The molecule has 0 saturated carbocycles. The number of nitrogens with zero attached hydrogens (tertiary/aromatic N) is 1. The van der Waals surface area contributed by atoms with Crippen molar-refractivity contribution in [1.29, 1.82) is 0 Å². The van der Waals surface area contributed by atoms with E-state index in [0.29, 0.717) is 11.4 Å². The van der Waals surface area contributed by atoms with Gasteiger partial charge in [-0.1, -0.05) is 48.6 Å². The Morgan fingerprint density at radius 3 is 1.94 bits per heavy atom. The summed E-state index contributed by atoms with van der Waals surface area (Å²) in [6.07, 6.45) is 3.86. The van der Waals surface area contributed by atoms with Gasteiger partial charge in [-0.2, -0.15) is 0 Å². The highest BCUT2D eigenvalue weighted by Crippen LogP contribution is 2.35. The summed E-state index contributed by atoms with van der Waals surface area (Å²) in [7, 11) is 0. The molecule has 2 aromatic carbocycles. The molecule has 0 atom stereocenters. The van der Waals surface area contributed by atoms with Gasteiger partial charge in [0.2, 0.25) is 0 Å². The topological polar surface area (TPSA) is 46.3 Å². The minimum Gasteiger partial charge on any atom is -0.351 e. The summed E-state index contributed by atoms with van der Waals surface area (Å²) in [5, 5.41) is 0. The fourth-order valence-corrected chi connectivity index (χ4v) is 2.18. The summed E-state index contributed by atoms with van der Waals surface area (Å²) < 4.78 is 14.5. The van der Waals surface area contributed by atoms with Crippen LogP contribution in [0, 0.1) is 0 Å². The van der Waals surface area contributed by atoms with Crippen LogP contribution < -0.4 is 10.6 Å². The van der Waals surface area contributed by atoms with Crippen molar-refractivity contribution >= 4 is 29.6 Å². The van der Waals surface area contributed by atoms with Gasteiger partial charge in [0.05, 0.1) is 11.4 Å². The van der Waals surface area contributed by atoms with Gasteiger partial charge < -0.3 is 5.72 Å². The molecule has 2 amide bonds. The molecule has 3 rings (SSSR count). The van der Waals surface area contributed by atoms with Crippen LogP contribution in [0.2, 0.25) is 2.82 Å². The number of nitrogens with two attached hydrogens (primary N) is 1. The number of para-hydroxylation sites is 2. The maximum absolute atomic E-state index is 12.2. The summed E-state index contributed by atoms with van der Waals surface area (Å²) in [5.74, 6) is 0. The molecule has 3 nitrogen and oxygen atoms in total. The summed E-state index contributed by atoms with van der Waals surface area (Å²) in [5.41, 5.74) is 3.18. The van der Waals surface area contributed by atoms with E-state index >= 15 is 0 Å². The molecule has 0 bridgehead atoms. The Kier molecular flexibility index (Phi) is 1.91. The number of primary amides is 1. The predicted molar refractivity (Wildman–Crippen MR) is 73.5 cm³/mol. The van der Waals surface area contributed by atoms with Gasteiger partial charge in [-0.25, -0.2) is 4.79 Å². The molecule has 0 radical (unpaired) electrons. The van der Waals surface area contributed by atoms with Crippen molar-refractivity contribution in [3.63, 3.8) is 0 Å². The second kappa shape index (κ2) is 4.04. The SMILES string of the molecule is [2H]N([2H])C(=O)N1c2ccccc2C=Cc2ccccc21. The minimum absolute atomic E-state index is 0.0961. The van der Waals surface area contributed by atoms with E-state index in [0.717, 1.165) is 11.1 Å². The van der Waals surface area contributed by atoms with Crippen LogP contribution in [-0.2, 0) is 0 Å². The number of carbonyl (C=O) groups excluding carboxylic acids is 1. The molecule has 1 aliphatic heterocycles. The van der Waals surface area contributed by atoms with Crippen molar-refractivity contribution in [3.05, 3.63) is 59.7 Å². The Balaban J connectivity index is 2.26. The number of urea groups is 1. The highest BCUT2D eigenvalue weighted by atomic mass is 16.2. The number of hydrogen-bond acceptors (Lipinski definition) is 1. The highest BCUT2D eigenvalue weighted by Gasteiger charge is 2.21. The van der Waals surface area contributed by atoms with Crippen LogP contribution in [0.4, 0.5) is 16.2 Å². The van der Waals surface area contributed by atoms with Crippen molar-refractivity contribution in [2.45, 2.75) is 0 Å². The molecule has 3 heteroatoms. The standard InChI is InChI=1S/C15H12N2O/c16-15(18)17-13-7-3-1-5-11(13)9-10-12-6-2-4-8-14(12)17/h1-10H,(H2,16,18)/i/hD2. The lowest BCUT2D eigenvalue weighted by Crippen LogP contribution is -2.32. The number of hydrogen-bond donors (Lipinski definition) is 1. The molecule has 0 aliphatic carbocycles. The molecule has 18 heavy (non-hydrogen) atoms. The second-order valence-corrected chi connectivity index (χ2v) is 4.07. The van der Waals surface area contributed by atoms with Gasteiger partial charge in [0.15, 0.2) is 2.82 Å². The number of fused-ring (bicyclic) bond motifs is 2. The quantitative estimate of drug-likeness (QED) is 0.751. The van der Waals surface area contributed by atoms with Gasteiger partial charge >= 0.3 is 6.03 Å². The molecular weight excluding hydrogens is 224 g/mol. The molecule has 0 saturated heterocycles. The van der Waals surface area contributed by atoms with Crippen molar-refractivity contribution in [2.75, 3.05) is 4.90 Å². The molecule has 0 fully saturated rings. The predicted octanol–water partition coefficient (Wildman–Crippen LogP) is 3.39. The van der Waals surface area contributed by atoms with Crippen LogP contribution in [0.1, 0.15) is 11.1 Å². The van der Waals surface area contributed by atoms with Crippen molar-refractivity contribution in [1.82, 2.24) is 0 Å². The van der Waals surface area contributed by atoms with E-state index < -0.39 is 6.03 Å². The van der Waals surface area contributed by atoms with Crippen LogP contribution in [-0.4, -0.2) is 6.03 Å². The van der Waals surface area contributed by atoms with Crippen LogP contribution in [0.5, 0.6) is 0 Å². The van der Waals surface area contributed by atoms with E-state index in [4.69, 9.17) is 2.82 Å². The molecule has 1 heterocycles. The number of amides is 2. The molecule has 2 aromatic rings. The number of carbonyl (C=O) groups is 1. The van der Waals surface area contributed by atoms with E-state index in [1.54, 1.807) is 0 Å². The molecule has 1 aliphatic rings. The molecular formula is C15H12N2O. The first-order valence-corrected chi connectivity index (χ1v) is 5.66. The van der Waals surface area contributed by atoms with Crippen LogP contribution in [0.15, 0.2) is 48.5 Å². The maximum Gasteiger partial charge on any atom is 0.323 e. The number of rotatable bonds is 0. The van der Waals surface area contributed by atoms with Gasteiger partial charge in [-0.15, -0.1) is 0 Å². The van der Waals surface area contributed by atoms with E-state index in [9.17, 15) is 4.79 Å². The third-order valence-corrected chi connectivity index (χ3v) is 2.99. The Labute approximate surface area is 108 Å². The zero-order valence-electron chi connectivity index (χ0n) is 11.6. The summed E-state index contributed by atoms with van der Waals surface area (Å²) in [6, 6.07) is 14.1. The normalized spacial score (nSPS) is 13.9. The molecule has 88 valence electrons. The molecule has 0 spiro atoms. The zero-order chi connectivity index (χ0) is 14.1. The third-order valence-electron chi connectivity index (χ3n) is 2.99. The lowest BCUT2D eigenvalue weighted by atomic mass is 10.1. The van der Waals surface area contributed by atoms with E-state index in [1.807, 2.05) is 60.7 Å². The van der Waals surface area contributed by atoms with Crippen molar-refractivity contribution in [2.24, 2.45) is 5.72 Å². The minimum atomic E-state index is -0.714. The van der Waals surface area contributed by atoms with Gasteiger partial charge in [0.1, 0.15) is 0 Å². The Hall–Kier alpha value is -2.55. The number of benzene rings is 2. The Bertz CT molecular complexity index is 648. The smallest absolute Gasteiger partial charge is 0.323 e. The van der Waals surface area contributed by atoms with Crippen LogP contribution in [0.3, 0.4) is 0 Å². The van der Waals surface area contributed by atoms with Crippen LogP contribution >= 0.6 is 0 Å². The summed E-state index contributed by atoms with van der Waals surface area (Å²) >= 11 is 0. The lowest BCUT2D eigenvalue weighted by molar-refractivity contribution is 0.256. The fourth-order valence-electron chi connectivity index (χ4n) is 2.18. The molecule has 0 aromatic heterocycles. The molecule has 0 unspecified atom stereocenters.